The van der Waals surface area contributed by atoms with E-state index in [1.807, 2.05) is 42.5 Å². The van der Waals surface area contributed by atoms with E-state index in [4.69, 9.17) is 5.73 Å². The Morgan fingerprint density at radius 3 is 2.59 bits per heavy atom. The number of amides is 2. The summed E-state index contributed by atoms with van der Waals surface area (Å²) in [7, 11) is 0. The maximum atomic E-state index is 12.7. The highest BCUT2D eigenvalue weighted by Gasteiger charge is 2.39. The lowest BCUT2D eigenvalue weighted by Gasteiger charge is -2.40. The van der Waals surface area contributed by atoms with Gasteiger partial charge >= 0.3 is 0 Å². The lowest BCUT2D eigenvalue weighted by Crippen LogP contribution is -2.47. The molecule has 0 atom stereocenters. The number of carbonyl (C=O) groups excluding carboxylic acids is 2. The minimum Gasteiger partial charge on any atom is -0.365 e. The molecule has 0 aliphatic carbocycles. The third-order valence-corrected chi connectivity index (χ3v) is 6.02. The number of benzene rings is 1. The van der Waals surface area contributed by atoms with E-state index in [9.17, 15) is 14.9 Å². The summed E-state index contributed by atoms with van der Waals surface area (Å²) in [5, 5.41) is 17.3. The molecule has 9 heteroatoms. The molecule has 2 amide bonds. The zero-order valence-electron chi connectivity index (χ0n) is 18.6. The average molecular weight is 456 g/mol. The van der Waals surface area contributed by atoms with E-state index in [0.29, 0.717) is 31.7 Å². The van der Waals surface area contributed by atoms with Crippen molar-refractivity contribution in [2.75, 3.05) is 18.4 Å². The van der Waals surface area contributed by atoms with Gasteiger partial charge < -0.3 is 16.0 Å². The zero-order valence-corrected chi connectivity index (χ0v) is 18.6. The lowest BCUT2D eigenvalue weighted by atomic mass is 9.85. The molecule has 0 spiro atoms. The Labute approximate surface area is 197 Å². The van der Waals surface area contributed by atoms with Crippen LogP contribution in [0.2, 0.25) is 0 Å². The molecule has 1 aliphatic rings. The minimum absolute atomic E-state index is 0.0980. The smallest absolute Gasteiger partial charge is 0.254 e. The molecular weight excluding hydrogens is 430 g/mol. The van der Waals surface area contributed by atoms with Crippen LogP contribution in [0.15, 0.2) is 67.1 Å². The molecule has 1 fully saturated rings. The first-order valence-electron chi connectivity index (χ1n) is 11.0. The number of aromatic nitrogens is 3. The maximum Gasteiger partial charge on any atom is 0.254 e. The molecule has 172 valence electrons. The predicted octanol–water partition coefficient (Wildman–Crippen LogP) is 3.07. The lowest BCUT2D eigenvalue weighted by molar-refractivity contribution is -0.128. The number of likely N-dealkylation sites (tertiary alicyclic amines) is 1. The maximum absolute atomic E-state index is 12.7. The standard InChI is InChI=1S/C25H25N7O2/c26-13-10-25(11-15-31(16-12-25)22(33)9-8-19-5-4-14-28-17-19)32-18-21(23(27)34)24(30-32)29-20-6-2-1-3-7-20/h1-9,14,17-18H,10-12,15-16H2,(H2,27,34)(H,29,30)/b9-8+. The number of nitrogens with two attached hydrogens (primary N) is 1. The topological polar surface area (TPSA) is 130 Å². The summed E-state index contributed by atoms with van der Waals surface area (Å²) >= 11 is 0. The van der Waals surface area contributed by atoms with Gasteiger partial charge in [0.15, 0.2) is 5.82 Å². The van der Waals surface area contributed by atoms with Crippen LogP contribution in [0.1, 0.15) is 35.2 Å². The Balaban J connectivity index is 1.52. The van der Waals surface area contributed by atoms with Gasteiger partial charge in [0.1, 0.15) is 5.56 Å². The minimum atomic E-state index is -0.639. The summed E-state index contributed by atoms with van der Waals surface area (Å²) in [4.78, 5) is 30.6. The molecule has 34 heavy (non-hydrogen) atoms. The third kappa shape index (κ3) is 4.96. The molecule has 3 heterocycles. The summed E-state index contributed by atoms with van der Waals surface area (Å²) in [6.45, 7) is 0.927. The summed E-state index contributed by atoms with van der Waals surface area (Å²) in [6, 6.07) is 15.3. The van der Waals surface area contributed by atoms with Gasteiger partial charge in [-0.25, -0.2) is 0 Å². The number of primary amides is 1. The van der Waals surface area contributed by atoms with Gasteiger partial charge in [-0.3, -0.25) is 19.3 Å². The molecule has 0 bridgehead atoms. The largest absolute Gasteiger partial charge is 0.365 e. The number of nitrogens with one attached hydrogen (secondary N) is 1. The van der Waals surface area contributed by atoms with Crippen molar-refractivity contribution in [1.29, 1.82) is 5.26 Å². The van der Waals surface area contributed by atoms with Crippen LogP contribution in [0.5, 0.6) is 0 Å². The number of nitriles is 1. The predicted molar refractivity (Wildman–Crippen MR) is 128 cm³/mol. The fraction of sp³-hybridized carbons (Fsp3) is 0.240. The summed E-state index contributed by atoms with van der Waals surface area (Å²) in [6.07, 6.45) is 9.49. The van der Waals surface area contributed by atoms with Crippen LogP contribution >= 0.6 is 0 Å². The van der Waals surface area contributed by atoms with Crippen LogP contribution in [0.4, 0.5) is 11.5 Å². The van der Waals surface area contributed by atoms with Gasteiger partial charge in [-0.2, -0.15) is 10.4 Å². The normalized spacial score (nSPS) is 15.1. The number of pyridine rings is 1. The van der Waals surface area contributed by atoms with Gasteiger partial charge in [-0.15, -0.1) is 0 Å². The summed E-state index contributed by atoms with van der Waals surface area (Å²) < 4.78 is 1.68. The van der Waals surface area contributed by atoms with E-state index in [1.54, 1.807) is 34.2 Å². The van der Waals surface area contributed by atoms with Crippen LogP contribution in [0, 0.1) is 11.3 Å². The van der Waals surface area contributed by atoms with Gasteiger partial charge in [0, 0.05) is 43.4 Å². The van der Waals surface area contributed by atoms with Gasteiger partial charge in [0.2, 0.25) is 5.91 Å². The molecule has 3 aromatic rings. The highest BCUT2D eigenvalue weighted by Crippen LogP contribution is 2.35. The van der Waals surface area contributed by atoms with Crippen LogP contribution in [-0.2, 0) is 10.3 Å². The van der Waals surface area contributed by atoms with Crippen molar-refractivity contribution in [3.8, 4) is 6.07 Å². The molecule has 1 aromatic carbocycles. The van der Waals surface area contributed by atoms with Crippen molar-refractivity contribution >= 4 is 29.4 Å². The summed E-state index contributed by atoms with van der Waals surface area (Å²) in [5.41, 5.74) is 6.84. The second kappa shape index (κ2) is 10.0. The first-order chi connectivity index (χ1) is 16.5. The van der Waals surface area contributed by atoms with Gasteiger partial charge in [0.25, 0.3) is 5.91 Å². The molecule has 9 nitrogen and oxygen atoms in total. The molecule has 1 aliphatic heterocycles. The van der Waals surface area contributed by atoms with Crippen LogP contribution in [-0.4, -0.2) is 44.6 Å². The number of nitrogens with zero attached hydrogens (tertiary/aromatic N) is 5. The van der Waals surface area contributed by atoms with Crippen molar-refractivity contribution < 1.29 is 9.59 Å². The second-order valence-electron chi connectivity index (χ2n) is 8.20. The Morgan fingerprint density at radius 1 is 1.18 bits per heavy atom. The van der Waals surface area contributed by atoms with Gasteiger partial charge in [0.05, 0.1) is 18.0 Å². The van der Waals surface area contributed by atoms with Crippen molar-refractivity contribution in [2.24, 2.45) is 5.73 Å². The number of piperidine rings is 1. The Bertz CT molecular complexity index is 1220. The first-order valence-corrected chi connectivity index (χ1v) is 11.0. The second-order valence-corrected chi connectivity index (χ2v) is 8.20. The van der Waals surface area contributed by atoms with Crippen LogP contribution in [0.25, 0.3) is 6.08 Å². The van der Waals surface area contributed by atoms with E-state index in [0.717, 1.165) is 11.3 Å². The molecule has 4 rings (SSSR count). The van der Waals surface area contributed by atoms with Crippen LogP contribution < -0.4 is 11.1 Å². The highest BCUT2D eigenvalue weighted by atomic mass is 16.2. The molecule has 1 saturated heterocycles. The van der Waals surface area contributed by atoms with Crippen molar-refractivity contribution in [3.05, 3.63) is 78.3 Å². The number of anilines is 2. The van der Waals surface area contributed by atoms with Crippen LogP contribution in [0.3, 0.4) is 0 Å². The number of carbonyl (C=O) groups is 2. The fourth-order valence-electron chi connectivity index (χ4n) is 4.07. The monoisotopic (exact) mass is 455 g/mol. The fourth-order valence-corrected chi connectivity index (χ4v) is 4.07. The zero-order chi connectivity index (χ0) is 24.0. The molecule has 2 aromatic heterocycles. The number of rotatable bonds is 7. The van der Waals surface area contributed by atoms with Crippen molar-refractivity contribution in [1.82, 2.24) is 19.7 Å². The summed E-state index contributed by atoms with van der Waals surface area (Å²) in [5.74, 6) is -0.363. The number of para-hydroxylation sites is 1. The van der Waals surface area contributed by atoms with Crippen molar-refractivity contribution in [2.45, 2.75) is 24.8 Å². The molecule has 0 saturated carbocycles. The Kier molecular flexibility index (Phi) is 6.69. The number of hydrogen-bond acceptors (Lipinski definition) is 6. The Hall–Kier alpha value is -4.45. The van der Waals surface area contributed by atoms with Gasteiger partial charge in [-0.1, -0.05) is 24.3 Å². The molecule has 0 radical (unpaired) electrons. The van der Waals surface area contributed by atoms with Crippen molar-refractivity contribution in [3.63, 3.8) is 0 Å². The molecular formula is C25H25N7O2. The van der Waals surface area contributed by atoms with E-state index < -0.39 is 11.4 Å². The highest BCUT2D eigenvalue weighted by molar-refractivity contribution is 5.98. The number of hydrogen-bond donors (Lipinski definition) is 2. The SMILES string of the molecule is N#CCC1(n2cc(C(N)=O)c(Nc3ccccc3)n2)CCN(C(=O)/C=C/c2cccnc2)CC1. The third-order valence-electron chi connectivity index (χ3n) is 6.02. The molecule has 3 N–H and O–H groups in total. The van der Waals surface area contributed by atoms with E-state index in [2.05, 4.69) is 21.5 Å². The average Bonchev–Trinajstić information content (AvgIpc) is 3.29. The Morgan fingerprint density at radius 2 is 1.94 bits per heavy atom. The van der Waals surface area contributed by atoms with E-state index >= 15 is 0 Å². The van der Waals surface area contributed by atoms with Gasteiger partial charge in [-0.05, 0) is 42.7 Å². The van der Waals surface area contributed by atoms with E-state index in [-0.39, 0.29) is 17.9 Å². The van der Waals surface area contributed by atoms with E-state index in [1.165, 1.54) is 6.08 Å². The first kappa shape index (κ1) is 22.7. The molecule has 0 unspecified atom stereocenters. The quantitative estimate of drug-likeness (QED) is 0.527.